The van der Waals surface area contributed by atoms with Gasteiger partial charge in [-0.05, 0) is 92.3 Å². The Morgan fingerprint density at radius 2 is 1.86 bits per heavy atom. The Balaban J connectivity index is 1.46. The van der Waals surface area contributed by atoms with Gasteiger partial charge in [0.1, 0.15) is 0 Å². The Labute approximate surface area is 176 Å². The number of sulfonamides is 1. The number of nitrogens with one attached hydrogen (secondary N) is 1. The molecule has 8 heteroatoms. The second-order valence-electron chi connectivity index (χ2n) is 7.81. The van der Waals surface area contributed by atoms with Gasteiger partial charge in [-0.2, -0.15) is 4.31 Å². The molecule has 0 bridgehead atoms. The van der Waals surface area contributed by atoms with Crippen LogP contribution >= 0.6 is 15.9 Å². The van der Waals surface area contributed by atoms with E-state index in [0.29, 0.717) is 41.8 Å². The standard InChI is InChI=1S/C20H30BrN3O3S/c1-16-5-6-19(18(21)15-16)28(26,27)24-13-7-17(8-14-24)20(25)22-9-4-12-23-10-2-3-11-23/h5-6,15,17H,2-4,7-14H2,1H3,(H,22,25). The van der Waals surface area contributed by atoms with Gasteiger partial charge in [0.2, 0.25) is 15.9 Å². The van der Waals surface area contributed by atoms with Crippen LogP contribution in [0.2, 0.25) is 0 Å². The van der Waals surface area contributed by atoms with Crippen LogP contribution in [0.3, 0.4) is 0 Å². The van der Waals surface area contributed by atoms with Crippen molar-refractivity contribution in [2.24, 2.45) is 5.92 Å². The molecule has 1 N–H and O–H groups in total. The number of amides is 1. The molecule has 2 fully saturated rings. The van der Waals surface area contributed by atoms with Gasteiger partial charge in [-0.15, -0.1) is 0 Å². The fourth-order valence-corrected chi connectivity index (χ4v) is 6.60. The van der Waals surface area contributed by atoms with Gasteiger partial charge in [-0.3, -0.25) is 4.79 Å². The van der Waals surface area contributed by atoms with Crippen LogP contribution in [0, 0.1) is 12.8 Å². The first kappa shape index (κ1) is 21.7. The van der Waals surface area contributed by atoms with Crippen molar-refractivity contribution >= 4 is 31.9 Å². The fourth-order valence-electron chi connectivity index (χ4n) is 3.98. The summed E-state index contributed by atoms with van der Waals surface area (Å²) >= 11 is 3.37. The van der Waals surface area contributed by atoms with E-state index in [9.17, 15) is 13.2 Å². The molecule has 3 rings (SSSR count). The number of carbonyl (C=O) groups excluding carboxylic acids is 1. The fraction of sp³-hybridized carbons (Fsp3) is 0.650. The van der Waals surface area contributed by atoms with Crippen LogP contribution in [-0.4, -0.2) is 62.8 Å². The third kappa shape index (κ3) is 5.34. The average Bonchev–Trinajstić information content (AvgIpc) is 3.18. The van der Waals surface area contributed by atoms with E-state index in [0.717, 1.165) is 18.5 Å². The molecule has 1 aromatic rings. The van der Waals surface area contributed by atoms with Crippen molar-refractivity contribution in [3.8, 4) is 0 Å². The normalized spacial score (nSPS) is 19.8. The number of carbonyl (C=O) groups is 1. The third-order valence-electron chi connectivity index (χ3n) is 5.68. The number of piperidine rings is 1. The minimum atomic E-state index is -3.54. The van der Waals surface area contributed by atoms with Gasteiger partial charge in [0, 0.05) is 30.0 Å². The van der Waals surface area contributed by atoms with E-state index in [1.54, 1.807) is 12.1 Å². The highest BCUT2D eigenvalue weighted by Crippen LogP contribution is 2.29. The molecule has 156 valence electrons. The zero-order valence-corrected chi connectivity index (χ0v) is 18.9. The average molecular weight is 472 g/mol. The predicted molar refractivity (Wildman–Crippen MR) is 114 cm³/mol. The number of hydrogen-bond acceptors (Lipinski definition) is 4. The Kier molecular flexibility index (Phi) is 7.53. The SMILES string of the molecule is Cc1ccc(S(=O)(=O)N2CCC(C(=O)NCCCN3CCCC3)CC2)c(Br)c1. The molecule has 0 unspecified atom stereocenters. The highest BCUT2D eigenvalue weighted by atomic mass is 79.9. The molecule has 2 aliphatic heterocycles. The Morgan fingerprint density at radius 1 is 1.18 bits per heavy atom. The topological polar surface area (TPSA) is 69.7 Å². The van der Waals surface area contributed by atoms with Crippen molar-refractivity contribution in [3.63, 3.8) is 0 Å². The number of likely N-dealkylation sites (tertiary alicyclic amines) is 1. The molecular weight excluding hydrogens is 442 g/mol. The van der Waals surface area contributed by atoms with Gasteiger partial charge in [0.15, 0.2) is 0 Å². The number of aryl methyl sites for hydroxylation is 1. The summed E-state index contributed by atoms with van der Waals surface area (Å²) in [5.74, 6) is -0.0327. The van der Waals surface area contributed by atoms with Crippen LogP contribution in [0.15, 0.2) is 27.6 Å². The number of nitrogens with zero attached hydrogens (tertiary/aromatic N) is 2. The van der Waals surface area contributed by atoms with Gasteiger partial charge in [0.05, 0.1) is 4.90 Å². The van der Waals surface area contributed by atoms with Gasteiger partial charge in [-0.25, -0.2) is 8.42 Å². The molecule has 2 heterocycles. The summed E-state index contributed by atoms with van der Waals surface area (Å²) < 4.78 is 27.9. The molecule has 1 aromatic carbocycles. The van der Waals surface area contributed by atoms with Crippen molar-refractivity contribution < 1.29 is 13.2 Å². The molecule has 2 aliphatic rings. The smallest absolute Gasteiger partial charge is 0.244 e. The molecule has 1 amide bonds. The van der Waals surface area contributed by atoms with E-state index in [4.69, 9.17) is 0 Å². The maximum atomic E-state index is 12.9. The summed E-state index contributed by atoms with van der Waals surface area (Å²) in [6, 6.07) is 5.27. The van der Waals surface area contributed by atoms with Crippen molar-refractivity contribution in [1.29, 1.82) is 0 Å². The minimum absolute atomic E-state index is 0.0648. The van der Waals surface area contributed by atoms with E-state index >= 15 is 0 Å². The zero-order chi connectivity index (χ0) is 20.1. The van der Waals surface area contributed by atoms with Gasteiger partial charge < -0.3 is 10.2 Å². The summed E-state index contributed by atoms with van der Waals surface area (Å²) in [7, 11) is -3.54. The summed E-state index contributed by atoms with van der Waals surface area (Å²) in [5.41, 5.74) is 1.01. The maximum Gasteiger partial charge on any atom is 0.244 e. The minimum Gasteiger partial charge on any atom is -0.356 e. The monoisotopic (exact) mass is 471 g/mol. The molecule has 0 spiro atoms. The quantitative estimate of drug-likeness (QED) is 0.620. The van der Waals surface area contributed by atoms with Crippen molar-refractivity contribution in [3.05, 3.63) is 28.2 Å². The van der Waals surface area contributed by atoms with Crippen LogP contribution in [0.5, 0.6) is 0 Å². The summed E-state index contributed by atoms with van der Waals surface area (Å²) in [4.78, 5) is 15.1. The first-order valence-electron chi connectivity index (χ1n) is 10.1. The molecule has 28 heavy (non-hydrogen) atoms. The van der Waals surface area contributed by atoms with E-state index < -0.39 is 10.0 Å². The predicted octanol–water partition coefficient (Wildman–Crippen LogP) is 2.76. The molecule has 0 radical (unpaired) electrons. The molecule has 6 nitrogen and oxygen atoms in total. The Hall–Kier alpha value is -0.960. The van der Waals surface area contributed by atoms with Gasteiger partial charge >= 0.3 is 0 Å². The molecule has 0 aromatic heterocycles. The molecule has 0 aliphatic carbocycles. The van der Waals surface area contributed by atoms with Crippen LogP contribution < -0.4 is 5.32 Å². The number of rotatable bonds is 7. The highest BCUT2D eigenvalue weighted by Gasteiger charge is 2.33. The first-order chi connectivity index (χ1) is 13.4. The van der Waals surface area contributed by atoms with Crippen molar-refractivity contribution in [2.45, 2.75) is 43.9 Å². The van der Waals surface area contributed by atoms with Gasteiger partial charge in [-0.1, -0.05) is 6.07 Å². The van der Waals surface area contributed by atoms with E-state index in [1.807, 2.05) is 13.0 Å². The number of halogens is 1. The lowest BCUT2D eigenvalue weighted by Gasteiger charge is -2.31. The third-order valence-corrected chi connectivity index (χ3v) is 8.55. The summed E-state index contributed by atoms with van der Waals surface area (Å²) in [5, 5.41) is 3.04. The lowest BCUT2D eigenvalue weighted by molar-refractivity contribution is -0.126. The zero-order valence-electron chi connectivity index (χ0n) is 16.5. The van der Waals surface area contributed by atoms with Crippen LogP contribution in [0.1, 0.15) is 37.7 Å². The van der Waals surface area contributed by atoms with E-state index in [2.05, 4.69) is 26.1 Å². The Morgan fingerprint density at radius 3 is 2.50 bits per heavy atom. The number of benzene rings is 1. The first-order valence-corrected chi connectivity index (χ1v) is 12.4. The summed E-state index contributed by atoms with van der Waals surface area (Å²) in [6.07, 6.45) is 4.68. The molecule has 0 saturated carbocycles. The highest BCUT2D eigenvalue weighted by molar-refractivity contribution is 9.10. The molecular formula is C20H30BrN3O3S. The summed E-state index contributed by atoms with van der Waals surface area (Å²) in [6.45, 7) is 6.79. The second-order valence-corrected chi connectivity index (χ2v) is 10.6. The van der Waals surface area contributed by atoms with Crippen LogP contribution in [0.4, 0.5) is 0 Å². The molecule has 2 saturated heterocycles. The van der Waals surface area contributed by atoms with Crippen molar-refractivity contribution in [1.82, 2.24) is 14.5 Å². The Bertz CT molecular complexity index is 786. The van der Waals surface area contributed by atoms with Crippen molar-refractivity contribution in [2.75, 3.05) is 39.3 Å². The number of hydrogen-bond donors (Lipinski definition) is 1. The maximum absolute atomic E-state index is 12.9. The lowest BCUT2D eigenvalue weighted by atomic mass is 9.97. The lowest BCUT2D eigenvalue weighted by Crippen LogP contribution is -2.43. The largest absolute Gasteiger partial charge is 0.356 e. The van der Waals surface area contributed by atoms with Crippen LogP contribution in [-0.2, 0) is 14.8 Å². The van der Waals surface area contributed by atoms with Crippen LogP contribution in [0.25, 0.3) is 0 Å². The van der Waals surface area contributed by atoms with E-state index in [-0.39, 0.29) is 11.8 Å². The second kappa shape index (κ2) is 9.69. The molecule has 0 atom stereocenters. The van der Waals surface area contributed by atoms with Gasteiger partial charge in [0.25, 0.3) is 0 Å². The van der Waals surface area contributed by atoms with E-state index in [1.165, 1.54) is 30.2 Å².